The molecule has 0 fully saturated rings. The number of halogens is 1. The van der Waals surface area contributed by atoms with E-state index in [9.17, 15) is 4.79 Å². The van der Waals surface area contributed by atoms with E-state index >= 15 is 0 Å². The Balaban J connectivity index is 1.91. The highest BCUT2D eigenvalue weighted by atomic mass is 35.5. The first-order valence-electron chi connectivity index (χ1n) is 8.42. The fourth-order valence-electron chi connectivity index (χ4n) is 3.31. The predicted octanol–water partition coefficient (Wildman–Crippen LogP) is 5.15. The topological polar surface area (TPSA) is 38.3 Å². The number of rotatable bonds is 4. The zero-order valence-corrected chi connectivity index (χ0v) is 14.8. The van der Waals surface area contributed by atoms with E-state index in [1.807, 2.05) is 36.4 Å². The second-order valence-corrected chi connectivity index (χ2v) is 6.65. The van der Waals surface area contributed by atoms with E-state index in [0.29, 0.717) is 10.6 Å². The van der Waals surface area contributed by atoms with Crippen molar-refractivity contribution in [1.82, 2.24) is 5.32 Å². The molecule has 0 bridgehead atoms. The van der Waals surface area contributed by atoms with E-state index in [1.54, 1.807) is 12.1 Å². The van der Waals surface area contributed by atoms with Crippen LogP contribution in [-0.2, 0) is 0 Å². The third-order valence-electron chi connectivity index (χ3n) is 4.91. The molecule has 4 heteroatoms. The van der Waals surface area contributed by atoms with E-state index in [0.717, 1.165) is 30.6 Å². The molecule has 0 unspecified atom stereocenters. The van der Waals surface area contributed by atoms with Crippen molar-refractivity contribution in [2.45, 2.75) is 44.8 Å². The van der Waals surface area contributed by atoms with Gasteiger partial charge < -0.3 is 10.1 Å². The fraction of sp³-hybridized carbons (Fsp3) is 0.350. The van der Waals surface area contributed by atoms with Gasteiger partial charge in [-0.2, -0.15) is 0 Å². The van der Waals surface area contributed by atoms with Crippen molar-refractivity contribution in [2.75, 3.05) is 0 Å². The number of hydrogen-bond donors (Lipinski definition) is 1. The maximum Gasteiger partial charge on any atom is 0.253 e. The predicted molar refractivity (Wildman–Crippen MR) is 96.7 cm³/mol. The molecule has 0 radical (unpaired) electrons. The molecule has 1 aliphatic heterocycles. The lowest BCUT2D eigenvalue weighted by atomic mass is 9.83. The summed E-state index contributed by atoms with van der Waals surface area (Å²) in [5.74, 6) is 0.709. The molecule has 1 amide bonds. The largest absolute Gasteiger partial charge is 0.487 e. The molecule has 3 rings (SSSR count). The van der Waals surface area contributed by atoms with Crippen LogP contribution < -0.4 is 10.1 Å². The van der Waals surface area contributed by atoms with Crippen molar-refractivity contribution in [3.05, 3.63) is 64.7 Å². The van der Waals surface area contributed by atoms with E-state index in [4.69, 9.17) is 16.3 Å². The molecule has 0 aromatic heterocycles. The molecule has 1 aliphatic rings. The standard InChI is InChI=1S/C20H22ClNO2/c1-3-20(4-2)13-17(15-10-6-8-12-18(15)24-20)22-19(23)14-9-5-7-11-16(14)21/h5-12,17H,3-4,13H2,1-2H3,(H,22,23)/t17-/m1/s1. The van der Waals surface area contributed by atoms with Crippen molar-refractivity contribution in [2.24, 2.45) is 0 Å². The minimum Gasteiger partial charge on any atom is -0.487 e. The van der Waals surface area contributed by atoms with Gasteiger partial charge in [-0.3, -0.25) is 4.79 Å². The number of para-hydroxylation sites is 1. The van der Waals surface area contributed by atoms with Crippen molar-refractivity contribution in [3.8, 4) is 5.75 Å². The average Bonchev–Trinajstić information content (AvgIpc) is 2.61. The van der Waals surface area contributed by atoms with Crippen molar-refractivity contribution in [1.29, 1.82) is 0 Å². The van der Waals surface area contributed by atoms with E-state index in [2.05, 4.69) is 19.2 Å². The lowest BCUT2D eigenvalue weighted by Gasteiger charge is -2.41. The highest BCUT2D eigenvalue weighted by Crippen LogP contribution is 2.42. The molecular formula is C20H22ClNO2. The highest BCUT2D eigenvalue weighted by molar-refractivity contribution is 6.33. The van der Waals surface area contributed by atoms with Crippen molar-refractivity contribution >= 4 is 17.5 Å². The van der Waals surface area contributed by atoms with Gasteiger partial charge in [0, 0.05) is 12.0 Å². The van der Waals surface area contributed by atoms with Gasteiger partial charge >= 0.3 is 0 Å². The summed E-state index contributed by atoms with van der Waals surface area (Å²) in [5, 5.41) is 3.62. The maximum atomic E-state index is 12.7. The number of hydrogen-bond acceptors (Lipinski definition) is 2. The Morgan fingerprint density at radius 2 is 1.83 bits per heavy atom. The van der Waals surface area contributed by atoms with Crippen LogP contribution in [0.1, 0.15) is 55.1 Å². The van der Waals surface area contributed by atoms with Crippen LogP contribution >= 0.6 is 11.6 Å². The number of benzene rings is 2. The van der Waals surface area contributed by atoms with Crippen LogP contribution in [0, 0.1) is 0 Å². The summed E-state index contributed by atoms with van der Waals surface area (Å²) < 4.78 is 6.28. The summed E-state index contributed by atoms with van der Waals surface area (Å²) in [6, 6.07) is 15.0. The summed E-state index contributed by atoms with van der Waals surface area (Å²) in [6.07, 6.45) is 2.56. The first-order valence-corrected chi connectivity index (χ1v) is 8.79. The molecular weight excluding hydrogens is 322 g/mol. The molecule has 126 valence electrons. The number of nitrogens with one attached hydrogen (secondary N) is 1. The Morgan fingerprint density at radius 3 is 2.54 bits per heavy atom. The molecule has 1 heterocycles. The Bertz CT molecular complexity index is 740. The van der Waals surface area contributed by atoms with Crippen LogP contribution in [0.2, 0.25) is 5.02 Å². The highest BCUT2D eigenvalue weighted by Gasteiger charge is 2.39. The molecule has 0 spiro atoms. The Morgan fingerprint density at radius 1 is 1.17 bits per heavy atom. The molecule has 24 heavy (non-hydrogen) atoms. The van der Waals surface area contributed by atoms with Gasteiger partial charge in [0.05, 0.1) is 16.6 Å². The molecule has 0 aliphatic carbocycles. The quantitative estimate of drug-likeness (QED) is 0.833. The molecule has 2 aromatic rings. The number of fused-ring (bicyclic) bond motifs is 1. The number of carbonyl (C=O) groups excluding carboxylic acids is 1. The SMILES string of the molecule is CCC1(CC)C[C@@H](NC(=O)c2ccccc2Cl)c2ccccc2O1. The second-order valence-electron chi connectivity index (χ2n) is 6.24. The van der Waals surface area contributed by atoms with Gasteiger partial charge in [0.1, 0.15) is 11.4 Å². The van der Waals surface area contributed by atoms with E-state index in [1.165, 1.54) is 0 Å². The van der Waals surface area contributed by atoms with Gasteiger partial charge in [0.25, 0.3) is 5.91 Å². The molecule has 0 saturated heterocycles. The smallest absolute Gasteiger partial charge is 0.253 e. The molecule has 2 aromatic carbocycles. The van der Waals surface area contributed by atoms with Crippen LogP contribution in [0.25, 0.3) is 0 Å². The van der Waals surface area contributed by atoms with Gasteiger partial charge in [-0.1, -0.05) is 55.8 Å². The van der Waals surface area contributed by atoms with Crippen LogP contribution in [0.3, 0.4) is 0 Å². The molecule has 3 nitrogen and oxygen atoms in total. The monoisotopic (exact) mass is 343 g/mol. The van der Waals surface area contributed by atoms with Gasteiger partial charge in [-0.05, 0) is 31.0 Å². The van der Waals surface area contributed by atoms with Gasteiger partial charge in [-0.25, -0.2) is 0 Å². The second kappa shape index (κ2) is 6.86. The fourth-order valence-corrected chi connectivity index (χ4v) is 3.53. The molecule has 1 atom stereocenters. The molecule has 1 N–H and O–H groups in total. The van der Waals surface area contributed by atoms with Crippen LogP contribution in [-0.4, -0.2) is 11.5 Å². The minimum absolute atomic E-state index is 0.0846. The summed E-state index contributed by atoms with van der Waals surface area (Å²) in [4.78, 5) is 12.7. The Kier molecular flexibility index (Phi) is 4.81. The first-order chi connectivity index (χ1) is 11.6. The lowest BCUT2D eigenvalue weighted by molar-refractivity contribution is 0.0227. The summed E-state index contributed by atoms with van der Waals surface area (Å²) in [7, 11) is 0. The third-order valence-corrected chi connectivity index (χ3v) is 5.24. The van der Waals surface area contributed by atoms with Crippen LogP contribution in [0.5, 0.6) is 5.75 Å². The lowest BCUT2D eigenvalue weighted by Crippen LogP contribution is -2.44. The normalized spacial score (nSPS) is 18.4. The van der Waals surface area contributed by atoms with E-state index in [-0.39, 0.29) is 17.6 Å². The Labute approximate surface area is 148 Å². The van der Waals surface area contributed by atoms with Gasteiger partial charge in [0.2, 0.25) is 0 Å². The van der Waals surface area contributed by atoms with Crippen LogP contribution in [0.4, 0.5) is 0 Å². The summed E-state index contributed by atoms with van der Waals surface area (Å²) >= 11 is 6.16. The summed E-state index contributed by atoms with van der Waals surface area (Å²) in [5.41, 5.74) is 1.28. The van der Waals surface area contributed by atoms with E-state index < -0.39 is 0 Å². The number of amides is 1. The average molecular weight is 344 g/mol. The number of ether oxygens (including phenoxy) is 1. The first kappa shape index (κ1) is 16.8. The van der Waals surface area contributed by atoms with Gasteiger partial charge in [0.15, 0.2) is 0 Å². The van der Waals surface area contributed by atoms with Crippen molar-refractivity contribution < 1.29 is 9.53 Å². The zero-order valence-electron chi connectivity index (χ0n) is 14.0. The zero-order chi connectivity index (χ0) is 17.2. The Hall–Kier alpha value is -2.00. The molecule has 0 saturated carbocycles. The maximum absolute atomic E-state index is 12.7. The summed E-state index contributed by atoms with van der Waals surface area (Å²) in [6.45, 7) is 4.26. The van der Waals surface area contributed by atoms with Crippen molar-refractivity contribution in [3.63, 3.8) is 0 Å². The van der Waals surface area contributed by atoms with Crippen LogP contribution in [0.15, 0.2) is 48.5 Å². The third kappa shape index (κ3) is 3.13. The number of carbonyl (C=O) groups is 1. The minimum atomic E-state index is -0.243. The van der Waals surface area contributed by atoms with Gasteiger partial charge in [-0.15, -0.1) is 0 Å².